The Hall–Kier alpha value is -3.70. The van der Waals surface area contributed by atoms with Crippen molar-refractivity contribution in [3.63, 3.8) is 0 Å². The van der Waals surface area contributed by atoms with Crippen molar-refractivity contribution in [3.8, 4) is 28.9 Å². The number of hydrogen-bond acceptors (Lipinski definition) is 6. The Bertz CT molecular complexity index is 1080. The minimum Gasteiger partial charge on any atom is -0.493 e. The Labute approximate surface area is 173 Å². The lowest BCUT2D eigenvalue weighted by Crippen LogP contribution is -2.40. The van der Waals surface area contributed by atoms with Crippen LogP contribution in [0, 0.1) is 11.3 Å². The van der Waals surface area contributed by atoms with Crippen LogP contribution < -0.4 is 5.32 Å². The van der Waals surface area contributed by atoms with Gasteiger partial charge >= 0.3 is 0 Å². The Morgan fingerprint density at radius 1 is 1.30 bits per heavy atom. The molecule has 3 aromatic rings. The summed E-state index contributed by atoms with van der Waals surface area (Å²) in [6.07, 6.45) is 4.98. The Balaban J connectivity index is 1.49. The van der Waals surface area contributed by atoms with E-state index in [1.807, 2.05) is 6.92 Å². The summed E-state index contributed by atoms with van der Waals surface area (Å²) in [6, 6.07) is 12.1. The fourth-order valence-electron chi connectivity index (χ4n) is 3.46. The Morgan fingerprint density at radius 3 is 2.73 bits per heavy atom. The minimum absolute atomic E-state index is 0.0443. The molecule has 2 atom stereocenters. The molecule has 152 valence electrons. The van der Waals surface area contributed by atoms with Crippen molar-refractivity contribution in [2.24, 2.45) is 0 Å². The van der Waals surface area contributed by atoms with Crippen LogP contribution in [0.2, 0.25) is 0 Å². The summed E-state index contributed by atoms with van der Waals surface area (Å²) in [5, 5.41) is 26.6. The molecule has 1 amide bonds. The molecule has 1 aliphatic rings. The van der Waals surface area contributed by atoms with Crippen molar-refractivity contribution in [2.45, 2.75) is 31.9 Å². The van der Waals surface area contributed by atoms with Crippen LogP contribution in [0.3, 0.4) is 0 Å². The maximum atomic E-state index is 12.5. The largest absolute Gasteiger partial charge is 0.493 e. The zero-order chi connectivity index (χ0) is 21.1. The smallest absolute Gasteiger partial charge is 0.253 e. The molecule has 2 unspecified atom stereocenters. The molecule has 30 heavy (non-hydrogen) atoms. The van der Waals surface area contributed by atoms with Crippen molar-refractivity contribution < 1.29 is 14.6 Å². The van der Waals surface area contributed by atoms with Gasteiger partial charge in [-0.05, 0) is 49.6 Å². The third-order valence-corrected chi connectivity index (χ3v) is 5.18. The molecule has 0 bridgehead atoms. The summed E-state index contributed by atoms with van der Waals surface area (Å²) >= 11 is 0. The lowest BCUT2D eigenvalue weighted by molar-refractivity contribution is 0.0712. The number of nitrogens with zero attached hydrogens (tertiary/aromatic N) is 4. The highest BCUT2D eigenvalue weighted by Gasteiger charge is 2.24. The molecule has 8 nitrogen and oxygen atoms in total. The van der Waals surface area contributed by atoms with Crippen molar-refractivity contribution in [1.82, 2.24) is 20.1 Å². The number of pyridine rings is 1. The van der Waals surface area contributed by atoms with Gasteiger partial charge < -0.3 is 15.2 Å². The molecule has 2 N–H and O–H groups in total. The van der Waals surface area contributed by atoms with E-state index in [1.165, 1.54) is 17.1 Å². The van der Waals surface area contributed by atoms with E-state index in [0.29, 0.717) is 22.5 Å². The van der Waals surface area contributed by atoms with Crippen LogP contribution in [-0.2, 0) is 4.74 Å². The first-order valence-electron chi connectivity index (χ1n) is 9.73. The van der Waals surface area contributed by atoms with Gasteiger partial charge in [0.2, 0.25) is 5.88 Å². The zero-order valence-corrected chi connectivity index (χ0v) is 16.4. The normalized spacial score (nSPS) is 16.7. The van der Waals surface area contributed by atoms with Crippen molar-refractivity contribution in [2.75, 3.05) is 6.61 Å². The third-order valence-electron chi connectivity index (χ3n) is 5.18. The molecule has 0 aliphatic carbocycles. The maximum Gasteiger partial charge on any atom is 0.253 e. The molecular weight excluding hydrogens is 382 g/mol. The lowest BCUT2D eigenvalue weighted by atomic mass is 10.1. The van der Waals surface area contributed by atoms with Gasteiger partial charge in [-0.1, -0.05) is 12.1 Å². The van der Waals surface area contributed by atoms with Crippen LogP contribution in [0.1, 0.15) is 35.7 Å². The highest BCUT2D eigenvalue weighted by atomic mass is 16.5. The molecule has 0 saturated carbocycles. The van der Waals surface area contributed by atoms with E-state index >= 15 is 0 Å². The molecule has 1 fully saturated rings. The number of amides is 1. The van der Waals surface area contributed by atoms with Crippen molar-refractivity contribution in [3.05, 3.63) is 59.9 Å². The second-order valence-corrected chi connectivity index (χ2v) is 7.20. The second-order valence-electron chi connectivity index (χ2n) is 7.20. The molecule has 8 heteroatoms. The molecule has 1 saturated heterocycles. The fourth-order valence-corrected chi connectivity index (χ4v) is 3.46. The molecule has 3 heterocycles. The van der Waals surface area contributed by atoms with Crippen LogP contribution in [0.15, 0.2) is 48.8 Å². The van der Waals surface area contributed by atoms with Gasteiger partial charge in [0.15, 0.2) is 5.82 Å². The maximum absolute atomic E-state index is 12.5. The van der Waals surface area contributed by atoms with Crippen LogP contribution in [0.25, 0.3) is 16.9 Å². The second kappa shape index (κ2) is 8.35. The summed E-state index contributed by atoms with van der Waals surface area (Å²) in [5.74, 6) is 0.0903. The number of carbonyl (C=O) groups excluding carboxylic acids is 1. The van der Waals surface area contributed by atoms with E-state index < -0.39 is 0 Å². The number of benzene rings is 1. The number of ether oxygens (including phenoxy) is 1. The fraction of sp³-hybridized carbons (Fsp3) is 0.273. The van der Waals surface area contributed by atoms with E-state index in [0.717, 1.165) is 25.0 Å². The topological polar surface area (TPSA) is 113 Å². The molecular formula is C22H21N5O3. The number of hydrogen-bond donors (Lipinski definition) is 2. The van der Waals surface area contributed by atoms with Gasteiger partial charge in [-0.3, -0.25) is 4.79 Å². The van der Waals surface area contributed by atoms with E-state index in [-0.39, 0.29) is 23.9 Å². The summed E-state index contributed by atoms with van der Waals surface area (Å²) in [6.45, 7) is 2.67. The van der Waals surface area contributed by atoms with Crippen LogP contribution in [0.4, 0.5) is 0 Å². The number of rotatable bonds is 5. The predicted molar refractivity (Wildman–Crippen MR) is 109 cm³/mol. The monoisotopic (exact) mass is 403 g/mol. The number of carbonyl (C=O) groups is 1. The molecule has 0 spiro atoms. The van der Waals surface area contributed by atoms with E-state index in [2.05, 4.69) is 21.5 Å². The minimum atomic E-state index is -0.222. The Morgan fingerprint density at radius 2 is 2.10 bits per heavy atom. The highest BCUT2D eigenvalue weighted by molar-refractivity contribution is 5.94. The summed E-state index contributed by atoms with van der Waals surface area (Å²) in [4.78, 5) is 16.7. The van der Waals surface area contributed by atoms with E-state index in [4.69, 9.17) is 10.00 Å². The third kappa shape index (κ3) is 3.88. The molecule has 1 aromatic carbocycles. The summed E-state index contributed by atoms with van der Waals surface area (Å²) < 4.78 is 6.90. The zero-order valence-electron chi connectivity index (χ0n) is 16.4. The molecule has 2 aromatic heterocycles. The molecule has 1 aliphatic heterocycles. The van der Waals surface area contributed by atoms with Gasteiger partial charge in [-0.2, -0.15) is 15.0 Å². The average Bonchev–Trinajstić information content (AvgIpc) is 3.44. The first-order chi connectivity index (χ1) is 14.6. The van der Waals surface area contributed by atoms with E-state index in [9.17, 15) is 9.90 Å². The number of aromatic hydroxyl groups is 1. The van der Waals surface area contributed by atoms with Gasteiger partial charge in [0.05, 0.1) is 41.1 Å². The van der Waals surface area contributed by atoms with Crippen molar-refractivity contribution in [1.29, 1.82) is 5.26 Å². The van der Waals surface area contributed by atoms with Crippen LogP contribution >= 0.6 is 0 Å². The summed E-state index contributed by atoms with van der Waals surface area (Å²) in [5.41, 5.74) is 2.21. The lowest BCUT2D eigenvalue weighted by Gasteiger charge is -2.19. The van der Waals surface area contributed by atoms with Gasteiger partial charge in [-0.25, -0.2) is 4.98 Å². The number of nitrogens with one attached hydrogen (secondary N) is 1. The van der Waals surface area contributed by atoms with Crippen LogP contribution in [-0.4, -0.2) is 44.5 Å². The molecule has 0 radical (unpaired) electrons. The van der Waals surface area contributed by atoms with Gasteiger partial charge in [0.1, 0.15) is 0 Å². The van der Waals surface area contributed by atoms with Gasteiger partial charge in [0, 0.05) is 12.8 Å². The molecule has 4 rings (SSSR count). The van der Waals surface area contributed by atoms with Crippen molar-refractivity contribution >= 4 is 5.91 Å². The van der Waals surface area contributed by atoms with Gasteiger partial charge in [0.25, 0.3) is 5.91 Å². The Kier molecular flexibility index (Phi) is 5.46. The van der Waals surface area contributed by atoms with Crippen LogP contribution in [0.5, 0.6) is 5.88 Å². The highest BCUT2D eigenvalue weighted by Crippen LogP contribution is 2.30. The quantitative estimate of drug-likeness (QED) is 0.677. The van der Waals surface area contributed by atoms with Gasteiger partial charge in [-0.15, -0.1) is 0 Å². The SMILES string of the molecule is CC(NC(=O)c1ccc(-n2ncc(-c3ccc(C#N)cc3)c2O)nc1)C1CCCO1. The first kappa shape index (κ1) is 19.6. The predicted octanol–water partition coefficient (Wildman–Crippen LogP) is 2.81. The van der Waals surface area contributed by atoms with E-state index in [1.54, 1.807) is 36.4 Å². The number of nitriles is 1. The first-order valence-corrected chi connectivity index (χ1v) is 9.73. The average molecular weight is 403 g/mol. The number of aromatic nitrogens is 3. The summed E-state index contributed by atoms with van der Waals surface area (Å²) in [7, 11) is 0. The standard InChI is InChI=1S/C22H21N5O3/c1-14(19-3-2-10-30-19)26-21(28)17-8-9-20(24-12-17)27-22(29)18(13-25-27)16-6-4-15(11-23)5-7-16/h4-9,12-14,19,29H,2-3,10H2,1H3,(H,26,28).